The van der Waals surface area contributed by atoms with Gasteiger partial charge in [0.05, 0.1) is 12.2 Å². The zero-order chi connectivity index (χ0) is 13.9. The Morgan fingerprint density at radius 1 is 1.40 bits per heavy atom. The van der Waals surface area contributed by atoms with E-state index in [9.17, 15) is 0 Å². The molecule has 0 fully saturated rings. The van der Waals surface area contributed by atoms with Gasteiger partial charge in [-0.3, -0.25) is 4.40 Å². The molecule has 0 bridgehead atoms. The SMILES string of the molecule is CSc1ccc(Cl)cc1NCc1cn2cccnc2n1. The summed E-state index contributed by atoms with van der Waals surface area (Å²) in [6.07, 6.45) is 7.69. The van der Waals surface area contributed by atoms with Crippen LogP contribution in [0.25, 0.3) is 5.78 Å². The molecule has 4 nitrogen and oxygen atoms in total. The standard InChI is InChI=1S/C14H13ClN4S/c1-20-13-4-3-10(15)7-12(13)17-8-11-9-19-6-2-5-16-14(19)18-11/h2-7,9,17H,8H2,1H3. The fourth-order valence-electron chi connectivity index (χ4n) is 1.97. The van der Waals surface area contributed by atoms with Crippen LogP contribution in [0.4, 0.5) is 5.69 Å². The minimum atomic E-state index is 0.636. The van der Waals surface area contributed by atoms with Crippen molar-refractivity contribution >= 4 is 34.8 Å². The van der Waals surface area contributed by atoms with Crippen molar-refractivity contribution < 1.29 is 0 Å². The highest BCUT2D eigenvalue weighted by Crippen LogP contribution is 2.28. The predicted octanol–water partition coefficient (Wildman–Crippen LogP) is 3.72. The van der Waals surface area contributed by atoms with Crippen molar-refractivity contribution in [3.8, 4) is 0 Å². The molecule has 0 saturated carbocycles. The van der Waals surface area contributed by atoms with E-state index in [2.05, 4.69) is 15.3 Å². The van der Waals surface area contributed by atoms with Crippen LogP contribution in [0.15, 0.2) is 47.8 Å². The molecule has 2 heterocycles. The van der Waals surface area contributed by atoms with Gasteiger partial charge in [-0.05, 0) is 30.5 Å². The summed E-state index contributed by atoms with van der Waals surface area (Å²) >= 11 is 7.73. The van der Waals surface area contributed by atoms with Gasteiger partial charge in [-0.2, -0.15) is 0 Å². The van der Waals surface area contributed by atoms with Gasteiger partial charge in [0.1, 0.15) is 0 Å². The number of thioether (sulfide) groups is 1. The molecule has 0 aliphatic rings. The Labute approximate surface area is 126 Å². The molecule has 20 heavy (non-hydrogen) atoms. The van der Waals surface area contributed by atoms with E-state index in [0.29, 0.717) is 12.3 Å². The lowest BCUT2D eigenvalue weighted by Gasteiger charge is -2.09. The highest BCUT2D eigenvalue weighted by atomic mass is 35.5. The van der Waals surface area contributed by atoms with Gasteiger partial charge in [0.25, 0.3) is 0 Å². The molecule has 0 aliphatic carbocycles. The first-order chi connectivity index (χ1) is 9.76. The van der Waals surface area contributed by atoms with Crippen LogP contribution in [-0.2, 0) is 6.54 Å². The second-order valence-corrected chi connectivity index (χ2v) is 5.54. The molecule has 1 aromatic carbocycles. The predicted molar refractivity (Wildman–Crippen MR) is 83.5 cm³/mol. The minimum absolute atomic E-state index is 0.636. The first-order valence-corrected chi connectivity index (χ1v) is 7.72. The monoisotopic (exact) mass is 304 g/mol. The number of benzene rings is 1. The summed E-state index contributed by atoms with van der Waals surface area (Å²) in [7, 11) is 0. The zero-order valence-corrected chi connectivity index (χ0v) is 12.4. The average molecular weight is 305 g/mol. The number of hydrogen-bond acceptors (Lipinski definition) is 4. The third-order valence-electron chi connectivity index (χ3n) is 2.91. The van der Waals surface area contributed by atoms with Crippen LogP contribution in [0.3, 0.4) is 0 Å². The molecule has 3 aromatic rings. The number of rotatable bonds is 4. The summed E-state index contributed by atoms with van der Waals surface area (Å²) in [5, 5.41) is 4.10. The number of imidazole rings is 1. The Balaban J connectivity index is 1.80. The van der Waals surface area contributed by atoms with Crippen LogP contribution in [0, 0.1) is 0 Å². The molecule has 0 spiro atoms. The third kappa shape index (κ3) is 2.73. The normalized spacial score (nSPS) is 10.9. The molecule has 0 unspecified atom stereocenters. The molecule has 0 radical (unpaired) electrons. The summed E-state index contributed by atoms with van der Waals surface area (Å²) in [5.41, 5.74) is 1.96. The Morgan fingerprint density at radius 3 is 3.10 bits per heavy atom. The summed E-state index contributed by atoms with van der Waals surface area (Å²) in [6.45, 7) is 0.636. The second-order valence-electron chi connectivity index (χ2n) is 4.26. The highest BCUT2D eigenvalue weighted by molar-refractivity contribution is 7.98. The molecule has 1 N–H and O–H groups in total. The van der Waals surface area contributed by atoms with Crippen molar-refractivity contribution in [1.29, 1.82) is 0 Å². The Kier molecular flexibility index (Phi) is 3.80. The maximum Gasteiger partial charge on any atom is 0.233 e. The van der Waals surface area contributed by atoms with Crippen LogP contribution in [0.2, 0.25) is 5.02 Å². The first kappa shape index (κ1) is 13.3. The van der Waals surface area contributed by atoms with Gasteiger partial charge in [-0.25, -0.2) is 9.97 Å². The quantitative estimate of drug-likeness (QED) is 0.746. The Hall–Kier alpha value is -1.72. The van der Waals surface area contributed by atoms with Crippen LogP contribution >= 0.6 is 23.4 Å². The number of nitrogens with one attached hydrogen (secondary N) is 1. The van der Waals surface area contributed by atoms with Crippen molar-refractivity contribution in [3.63, 3.8) is 0 Å². The van der Waals surface area contributed by atoms with E-state index in [1.54, 1.807) is 18.0 Å². The topological polar surface area (TPSA) is 42.2 Å². The lowest BCUT2D eigenvalue weighted by atomic mass is 10.3. The fraction of sp³-hybridized carbons (Fsp3) is 0.143. The van der Waals surface area contributed by atoms with Gasteiger partial charge in [0, 0.05) is 34.2 Å². The van der Waals surface area contributed by atoms with Crippen molar-refractivity contribution in [2.75, 3.05) is 11.6 Å². The molecular formula is C14H13ClN4S. The molecule has 0 aliphatic heterocycles. The molecule has 0 amide bonds. The molecule has 2 aromatic heterocycles. The van der Waals surface area contributed by atoms with E-state index < -0.39 is 0 Å². The number of halogens is 1. The van der Waals surface area contributed by atoms with Crippen molar-refractivity contribution in [1.82, 2.24) is 14.4 Å². The molecule has 6 heteroatoms. The molecule has 0 atom stereocenters. The highest BCUT2D eigenvalue weighted by Gasteiger charge is 2.05. The average Bonchev–Trinajstić information content (AvgIpc) is 2.88. The lowest BCUT2D eigenvalue weighted by Crippen LogP contribution is -2.00. The van der Waals surface area contributed by atoms with E-state index >= 15 is 0 Å². The summed E-state index contributed by atoms with van der Waals surface area (Å²) in [4.78, 5) is 9.82. The van der Waals surface area contributed by atoms with Gasteiger partial charge in [-0.1, -0.05) is 11.6 Å². The Morgan fingerprint density at radius 2 is 2.30 bits per heavy atom. The van der Waals surface area contributed by atoms with E-state index in [1.165, 1.54) is 0 Å². The van der Waals surface area contributed by atoms with E-state index in [4.69, 9.17) is 11.6 Å². The maximum atomic E-state index is 6.04. The van der Waals surface area contributed by atoms with E-state index in [0.717, 1.165) is 21.3 Å². The van der Waals surface area contributed by atoms with E-state index in [-0.39, 0.29) is 0 Å². The van der Waals surface area contributed by atoms with Gasteiger partial charge in [0.2, 0.25) is 5.78 Å². The molecule has 3 rings (SSSR count). The van der Waals surface area contributed by atoms with Crippen LogP contribution in [0.1, 0.15) is 5.69 Å². The smallest absolute Gasteiger partial charge is 0.233 e. The number of nitrogens with zero attached hydrogens (tertiary/aromatic N) is 3. The zero-order valence-electron chi connectivity index (χ0n) is 10.9. The lowest BCUT2D eigenvalue weighted by molar-refractivity contribution is 1.07. The fourth-order valence-corrected chi connectivity index (χ4v) is 2.70. The van der Waals surface area contributed by atoms with Crippen LogP contribution < -0.4 is 5.32 Å². The third-order valence-corrected chi connectivity index (χ3v) is 3.94. The van der Waals surface area contributed by atoms with Crippen LogP contribution in [-0.4, -0.2) is 20.6 Å². The summed E-state index contributed by atoms with van der Waals surface area (Å²) in [5.74, 6) is 0.709. The van der Waals surface area contributed by atoms with E-state index in [1.807, 2.05) is 47.3 Å². The Bertz CT molecular complexity index is 708. The number of hydrogen-bond donors (Lipinski definition) is 1. The number of fused-ring (bicyclic) bond motifs is 1. The number of aromatic nitrogens is 3. The number of anilines is 1. The molecular weight excluding hydrogens is 292 g/mol. The largest absolute Gasteiger partial charge is 0.378 e. The minimum Gasteiger partial charge on any atom is -0.378 e. The van der Waals surface area contributed by atoms with Gasteiger partial charge in [-0.15, -0.1) is 11.8 Å². The van der Waals surface area contributed by atoms with Gasteiger partial charge < -0.3 is 5.32 Å². The van der Waals surface area contributed by atoms with Crippen molar-refractivity contribution in [2.45, 2.75) is 11.4 Å². The second kappa shape index (κ2) is 5.73. The molecule has 102 valence electrons. The van der Waals surface area contributed by atoms with Crippen molar-refractivity contribution in [3.05, 3.63) is 53.6 Å². The van der Waals surface area contributed by atoms with Crippen LogP contribution in [0.5, 0.6) is 0 Å². The van der Waals surface area contributed by atoms with Crippen molar-refractivity contribution in [2.24, 2.45) is 0 Å². The van der Waals surface area contributed by atoms with Gasteiger partial charge in [0.15, 0.2) is 0 Å². The maximum absolute atomic E-state index is 6.04. The summed E-state index contributed by atoms with van der Waals surface area (Å²) in [6, 6.07) is 7.73. The van der Waals surface area contributed by atoms with Gasteiger partial charge >= 0.3 is 0 Å². The molecule has 0 saturated heterocycles. The first-order valence-electron chi connectivity index (χ1n) is 6.12. The summed E-state index contributed by atoms with van der Waals surface area (Å²) < 4.78 is 1.91.